The summed E-state index contributed by atoms with van der Waals surface area (Å²) in [5, 5.41) is 0. The summed E-state index contributed by atoms with van der Waals surface area (Å²) in [5.41, 5.74) is 1.58. The Balaban J connectivity index is 1.55. The second-order valence-corrected chi connectivity index (χ2v) is 8.65. The average molecular weight is 303 g/mol. The van der Waals surface area contributed by atoms with E-state index in [0.717, 1.165) is 49.6 Å². The molecule has 0 saturated heterocycles. The molecule has 4 atom stereocenters. The molecule has 4 unspecified atom stereocenters. The second-order valence-electron chi connectivity index (χ2n) is 8.65. The van der Waals surface area contributed by atoms with E-state index < -0.39 is 0 Å². The third kappa shape index (κ3) is 3.75. The number of nitrogens with zero attached hydrogens (tertiary/aromatic N) is 1. The Kier molecular flexibility index (Phi) is 4.66. The van der Waals surface area contributed by atoms with Crippen molar-refractivity contribution in [2.75, 3.05) is 13.1 Å². The van der Waals surface area contributed by atoms with Crippen molar-refractivity contribution in [2.45, 2.75) is 59.8 Å². The SMILES string of the molecule is CC1=CC(C)C(C2CC2CN(CC(C)C)C(=O)C2CC2)CC1. The monoisotopic (exact) mass is 303 g/mol. The van der Waals surface area contributed by atoms with Crippen LogP contribution in [0, 0.1) is 35.5 Å². The molecule has 0 radical (unpaired) electrons. The lowest BCUT2D eigenvalue weighted by molar-refractivity contribution is -0.133. The predicted octanol–water partition coefficient (Wildman–Crippen LogP) is 4.51. The van der Waals surface area contributed by atoms with Crippen LogP contribution < -0.4 is 0 Å². The smallest absolute Gasteiger partial charge is 0.225 e. The zero-order valence-electron chi connectivity index (χ0n) is 14.8. The molecule has 0 N–H and O–H groups in total. The number of allylic oxidation sites excluding steroid dienone is 2. The fourth-order valence-electron chi connectivity index (χ4n) is 4.49. The Labute approximate surface area is 136 Å². The van der Waals surface area contributed by atoms with Gasteiger partial charge < -0.3 is 4.90 Å². The molecule has 1 amide bonds. The highest BCUT2D eigenvalue weighted by molar-refractivity contribution is 5.81. The van der Waals surface area contributed by atoms with Gasteiger partial charge in [0, 0.05) is 19.0 Å². The van der Waals surface area contributed by atoms with Crippen LogP contribution in [0.25, 0.3) is 0 Å². The van der Waals surface area contributed by atoms with Gasteiger partial charge in [-0.1, -0.05) is 32.4 Å². The minimum Gasteiger partial charge on any atom is -0.342 e. The fourth-order valence-corrected chi connectivity index (χ4v) is 4.49. The summed E-state index contributed by atoms with van der Waals surface area (Å²) >= 11 is 0. The highest BCUT2D eigenvalue weighted by Crippen LogP contribution is 2.51. The van der Waals surface area contributed by atoms with E-state index in [2.05, 4.69) is 38.7 Å². The van der Waals surface area contributed by atoms with E-state index in [-0.39, 0.29) is 0 Å². The van der Waals surface area contributed by atoms with Crippen molar-refractivity contribution in [3.63, 3.8) is 0 Å². The number of carbonyl (C=O) groups is 1. The van der Waals surface area contributed by atoms with E-state index in [0.29, 0.717) is 17.7 Å². The van der Waals surface area contributed by atoms with Crippen LogP contribution in [-0.2, 0) is 4.79 Å². The van der Waals surface area contributed by atoms with Gasteiger partial charge >= 0.3 is 0 Å². The Hall–Kier alpha value is -0.790. The van der Waals surface area contributed by atoms with Gasteiger partial charge in [0.1, 0.15) is 0 Å². The molecule has 2 saturated carbocycles. The third-order valence-corrected chi connectivity index (χ3v) is 5.90. The zero-order valence-corrected chi connectivity index (χ0v) is 14.8. The van der Waals surface area contributed by atoms with E-state index in [4.69, 9.17) is 0 Å². The number of carbonyl (C=O) groups excluding carboxylic acids is 1. The van der Waals surface area contributed by atoms with Crippen LogP contribution in [0.4, 0.5) is 0 Å². The van der Waals surface area contributed by atoms with Gasteiger partial charge in [-0.2, -0.15) is 0 Å². The largest absolute Gasteiger partial charge is 0.342 e. The molecule has 0 aliphatic heterocycles. The summed E-state index contributed by atoms with van der Waals surface area (Å²) in [6, 6.07) is 0. The molecule has 0 bridgehead atoms. The molecular formula is C20H33NO. The first-order valence-corrected chi connectivity index (χ1v) is 9.41. The van der Waals surface area contributed by atoms with Gasteiger partial charge in [-0.05, 0) is 68.6 Å². The molecule has 22 heavy (non-hydrogen) atoms. The summed E-state index contributed by atoms with van der Waals surface area (Å²) in [6.07, 6.45) is 8.76. The maximum absolute atomic E-state index is 12.5. The average Bonchev–Trinajstić information content (AvgIpc) is 3.31. The summed E-state index contributed by atoms with van der Waals surface area (Å²) in [4.78, 5) is 14.7. The first kappa shape index (κ1) is 16.1. The first-order chi connectivity index (χ1) is 10.5. The molecule has 3 aliphatic carbocycles. The van der Waals surface area contributed by atoms with Crippen LogP contribution in [0.5, 0.6) is 0 Å². The summed E-state index contributed by atoms with van der Waals surface area (Å²) in [5.74, 6) is 4.66. The van der Waals surface area contributed by atoms with E-state index in [1.165, 1.54) is 19.3 Å². The second kappa shape index (κ2) is 6.37. The summed E-state index contributed by atoms with van der Waals surface area (Å²) in [6.45, 7) is 11.1. The molecule has 124 valence electrons. The van der Waals surface area contributed by atoms with E-state index >= 15 is 0 Å². The van der Waals surface area contributed by atoms with E-state index in [1.807, 2.05) is 0 Å². The van der Waals surface area contributed by atoms with Gasteiger partial charge in [0.15, 0.2) is 0 Å². The Morgan fingerprint density at radius 1 is 1.27 bits per heavy atom. The maximum atomic E-state index is 12.5. The molecule has 0 aromatic heterocycles. The quantitative estimate of drug-likeness (QED) is 0.661. The fraction of sp³-hybridized carbons (Fsp3) is 0.850. The molecule has 2 fully saturated rings. The van der Waals surface area contributed by atoms with Crippen LogP contribution in [0.2, 0.25) is 0 Å². The van der Waals surface area contributed by atoms with Crippen LogP contribution >= 0.6 is 0 Å². The highest BCUT2D eigenvalue weighted by Gasteiger charge is 2.46. The van der Waals surface area contributed by atoms with Crippen molar-refractivity contribution in [3.05, 3.63) is 11.6 Å². The van der Waals surface area contributed by atoms with Crippen molar-refractivity contribution in [1.82, 2.24) is 4.90 Å². The normalized spacial score (nSPS) is 34.5. The Morgan fingerprint density at radius 2 is 2.00 bits per heavy atom. The third-order valence-electron chi connectivity index (χ3n) is 5.90. The lowest BCUT2D eigenvalue weighted by Gasteiger charge is -2.29. The Morgan fingerprint density at radius 3 is 2.59 bits per heavy atom. The minimum absolute atomic E-state index is 0.370. The van der Waals surface area contributed by atoms with Gasteiger partial charge in [0.05, 0.1) is 0 Å². The van der Waals surface area contributed by atoms with Crippen molar-refractivity contribution in [1.29, 1.82) is 0 Å². The van der Waals surface area contributed by atoms with E-state index in [1.54, 1.807) is 5.57 Å². The molecule has 3 aliphatic rings. The van der Waals surface area contributed by atoms with Crippen molar-refractivity contribution in [3.8, 4) is 0 Å². The molecular weight excluding hydrogens is 270 g/mol. The summed E-state index contributed by atoms with van der Waals surface area (Å²) in [7, 11) is 0. The van der Waals surface area contributed by atoms with Gasteiger partial charge in [-0.25, -0.2) is 0 Å². The lowest BCUT2D eigenvalue weighted by Crippen LogP contribution is -2.37. The standard InChI is InChI=1S/C20H33NO/c1-13(2)11-21(20(22)16-6-7-16)12-17-10-19(17)18-8-5-14(3)9-15(18)4/h9,13,15-19H,5-8,10-12H2,1-4H3. The highest BCUT2D eigenvalue weighted by atomic mass is 16.2. The number of rotatable bonds is 6. The molecule has 0 aromatic carbocycles. The minimum atomic E-state index is 0.370. The van der Waals surface area contributed by atoms with Gasteiger partial charge in [-0.3, -0.25) is 4.79 Å². The van der Waals surface area contributed by atoms with Crippen LogP contribution in [0.3, 0.4) is 0 Å². The number of hydrogen-bond donors (Lipinski definition) is 0. The molecule has 3 rings (SSSR count). The van der Waals surface area contributed by atoms with Crippen molar-refractivity contribution < 1.29 is 4.79 Å². The van der Waals surface area contributed by atoms with Gasteiger partial charge in [-0.15, -0.1) is 0 Å². The van der Waals surface area contributed by atoms with Crippen LogP contribution in [0.15, 0.2) is 11.6 Å². The first-order valence-electron chi connectivity index (χ1n) is 9.41. The maximum Gasteiger partial charge on any atom is 0.225 e. The van der Waals surface area contributed by atoms with Crippen molar-refractivity contribution >= 4 is 5.91 Å². The molecule has 2 heteroatoms. The zero-order chi connectivity index (χ0) is 15.9. The van der Waals surface area contributed by atoms with Crippen molar-refractivity contribution in [2.24, 2.45) is 35.5 Å². The Bertz CT molecular complexity index is 449. The van der Waals surface area contributed by atoms with Crippen LogP contribution in [-0.4, -0.2) is 23.9 Å². The topological polar surface area (TPSA) is 20.3 Å². The lowest BCUT2D eigenvalue weighted by atomic mass is 9.78. The number of amides is 1. The summed E-state index contributed by atoms with van der Waals surface area (Å²) < 4.78 is 0. The number of hydrogen-bond acceptors (Lipinski definition) is 1. The van der Waals surface area contributed by atoms with Gasteiger partial charge in [0.2, 0.25) is 5.91 Å². The molecule has 0 aromatic rings. The molecule has 0 heterocycles. The predicted molar refractivity (Wildman–Crippen MR) is 91.4 cm³/mol. The van der Waals surface area contributed by atoms with E-state index in [9.17, 15) is 4.79 Å². The molecule has 0 spiro atoms. The van der Waals surface area contributed by atoms with Crippen LogP contribution in [0.1, 0.15) is 59.8 Å². The van der Waals surface area contributed by atoms with Gasteiger partial charge in [0.25, 0.3) is 0 Å². The molecule has 2 nitrogen and oxygen atoms in total.